The molecule has 0 aromatic heterocycles. The fourth-order valence-electron chi connectivity index (χ4n) is 5.23. The molecule has 2 aromatic carbocycles. The van der Waals surface area contributed by atoms with Gasteiger partial charge in [-0.3, -0.25) is 9.59 Å². The Hall–Kier alpha value is -4.24. The van der Waals surface area contributed by atoms with Crippen LogP contribution in [0.5, 0.6) is 23.0 Å². The largest absolute Gasteiger partial charge is 0.508 e. The van der Waals surface area contributed by atoms with Gasteiger partial charge in [0.25, 0.3) is 0 Å². The topological polar surface area (TPSA) is 292 Å². The van der Waals surface area contributed by atoms with Gasteiger partial charge in [-0.15, -0.1) is 0 Å². The van der Waals surface area contributed by atoms with Gasteiger partial charge in [0, 0.05) is 17.7 Å². The molecule has 11 atom stereocenters. The summed E-state index contributed by atoms with van der Waals surface area (Å²) in [6.07, 6.45) is -17.9. The van der Waals surface area contributed by atoms with E-state index in [2.05, 4.69) is 0 Å². The van der Waals surface area contributed by atoms with Gasteiger partial charge in [-0.05, 0) is 18.2 Å². The second kappa shape index (κ2) is 14.5. The van der Waals surface area contributed by atoms with Gasteiger partial charge in [0.15, 0.2) is 6.10 Å². The Balaban J connectivity index is 1.48. The fraction of sp³-hybridized carbons (Fsp3) is 0.467. The minimum absolute atomic E-state index is 0.0104. The number of hydrogen-bond acceptors (Lipinski definition) is 17. The van der Waals surface area contributed by atoms with Crippen LogP contribution in [0.15, 0.2) is 42.2 Å². The van der Waals surface area contributed by atoms with Crippen molar-refractivity contribution in [3.63, 3.8) is 0 Å². The number of aliphatic hydroxyl groups excluding tert-OH is 7. The SMILES string of the molecule is O=C(O)CC(=O)OCC1OC(OC2=Cc3c(cc(O)cc3OC3OC(CO)C(O)C(O)C3O)OC2c2ccc(O)cc2)C(O)C(O)C1O. The molecule has 0 saturated carbocycles. The Labute approximate surface area is 270 Å². The molecule has 0 radical (unpaired) electrons. The van der Waals surface area contributed by atoms with Crippen molar-refractivity contribution in [3.05, 3.63) is 53.3 Å². The average Bonchev–Trinajstić information content (AvgIpc) is 3.04. The molecule has 3 aliphatic rings. The summed E-state index contributed by atoms with van der Waals surface area (Å²) in [4.78, 5) is 22.5. The van der Waals surface area contributed by atoms with Crippen LogP contribution < -0.4 is 9.47 Å². The van der Waals surface area contributed by atoms with Crippen LogP contribution in [-0.4, -0.2) is 138 Å². The molecule has 2 saturated heterocycles. The number of aromatic hydroxyl groups is 2. The third kappa shape index (κ3) is 7.41. The van der Waals surface area contributed by atoms with Crippen molar-refractivity contribution in [1.82, 2.24) is 0 Å². The van der Waals surface area contributed by atoms with Crippen molar-refractivity contribution >= 4 is 18.0 Å². The summed E-state index contributed by atoms with van der Waals surface area (Å²) in [5.74, 6) is -3.43. The molecule has 3 heterocycles. The highest BCUT2D eigenvalue weighted by Crippen LogP contribution is 2.45. The maximum Gasteiger partial charge on any atom is 0.317 e. The number of ether oxygens (including phenoxy) is 6. The van der Waals surface area contributed by atoms with Crippen molar-refractivity contribution < 1.29 is 89.1 Å². The molecule has 262 valence electrons. The van der Waals surface area contributed by atoms with Gasteiger partial charge in [0.05, 0.1) is 12.2 Å². The summed E-state index contributed by atoms with van der Waals surface area (Å²) in [6.45, 7) is -1.45. The standard InChI is InChI=1S/C30H34O18/c31-9-18-22(37)24(39)26(41)29(47-18)45-16-6-13(33)5-15-14(16)7-17(28(44-15)11-1-3-12(32)4-2-11)46-30-27(42)25(40)23(38)19(48-30)10-43-21(36)8-20(34)35/h1-7,18-19,22-33,37-42H,8-10H2,(H,34,35). The third-order valence-electron chi connectivity index (χ3n) is 7.79. The first kappa shape index (κ1) is 35.1. The Kier molecular flexibility index (Phi) is 10.6. The molecule has 0 spiro atoms. The highest BCUT2D eigenvalue weighted by Gasteiger charge is 2.47. The van der Waals surface area contributed by atoms with Crippen LogP contribution in [0, 0.1) is 0 Å². The van der Waals surface area contributed by atoms with Crippen LogP contribution in [0.2, 0.25) is 0 Å². The van der Waals surface area contributed by atoms with Crippen LogP contribution in [0.25, 0.3) is 6.08 Å². The molecule has 10 N–H and O–H groups in total. The van der Waals surface area contributed by atoms with Crippen molar-refractivity contribution in [3.8, 4) is 23.0 Å². The molecule has 2 fully saturated rings. The lowest BCUT2D eigenvalue weighted by Crippen LogP contribution is -2.60. The number of fused-ring (bicyclic) bond motifs is 1. The predicted octanol–water partition coefficient (Wildman–Crippen LogP) is -2.41. The summed E-state index contributed by atoms with van der Waals surface area (Å²) in [7, 11) is 0. The van der Waals surface area contributed by atoms with E-state index in [4.69, 9.17) is 33.5 Å². The lowest BCUT2D eigenvalue weighted by molar-refractivity contribution is -0.294. The van der Waals surface area contributed by atoms with E-state index in [9.17, 15) is 55.5 Å². The summed E-state index contributed by atoms with van der Waals surface area (Å²) in [5, 5.41) is 101. The van der Waals surface area contributed by atoms with Gasteiger partial charge in [0.2, 0.25) is 12.6 Å². The molecule has 0 aliphatic carbocycles. The third-order valence-corrected chi connectivity index (χ3v) is 7.79. The van der Waals surface area contributed by atoms with Gasteiger partial charge < -0.3 is 79.5 Å². The number of benzene rings is 2. The fourth-order valence-corrected chi connectivity index (χ4v) is 5.23. The molecule has 18 nitrogen and oxygen atoms in total. The number of rotatable bonds is 10. The quantitative estimate of drug-likeness (QED) is 0.0922. The first-order valence-corrected chi connectivity index (χ1v) is 14.5. The summed E-state index contributed by atoms with van der Waals surface area (Å²) in [5.41, 5.74) is 0.425. The van der Waals surface area contributed by atoms with Crippen molar-refractivity contribution in [2.75, 3.05) is 13.2 Å². The number of carboxylic acids is 1. The number of carboxylic acid groups (broad SMARTS) is 1. The van der Waals surface area contributed by atoms with E-state index >= 15 is 0 Å². The van der Waals surface area contributed by atoms with E-state index in [1.165, 1.54) is 36.4 Å². The molecule has 3 aliphatic heterocycles. The summed E-state index contributed by atoms with van der Waals surface area (Å²) < 4.78 is 33.8. The van der Waals surface area contributed by atoms with E-state index in [0.29, 0.717) is 5.56 Å². The second-order valence-corrected chi connectivity index (χ2v) is 11.2. The molecule has 18 heteroatoms. The van der Waals surface area contributed by atoms with Gasteiger partial charge >= 0.3 is 11.9 Å². The number of hydrogen-bond donors (Lipinski definition) is 10. The first-order valence-electron chi connectivity index (χ1n) is 14.5. The van der Waals surface area contributed by atoms with Crippen LogP contribution >= 0.6 is 0 Å². The number of esters is 1. The molecule has 0 bridgehead atoms. The van der Waals surface area contributed by atoms with E-state index in [-0.39, 0.29) is 34.3 Å². The normalized spacial score (nSPS) is 33.1. The predicted molar refractivity (Wildman–Crippen MR) is 153 cm³/mol. The molecule has 2 aromatic rings. The van der Waals surface area contributed by atoms with E-state index in [0.717, 1.165) is 6.07 Å². The maximum absolute atomic E-state index is 11.8. The lowest BCUT2D eigenvalue weighted by atomic mass is 9.98. The molecule has 48 heavy (non-hydrogen) atoms. The number of phenolic OH excluding ortho intramolecular Hbond substituents is 2. The van der Waals surface area contributed by atoms with Gasteiger partial charge in [-0.2, -0.15) is 0 Å². The zero-order valence-electron chi connectivity index (χ0n) is 24.8. The Morgan fingerprint density at radius 1 is 0.750 bits per heavy atom. The number of phenols is 2. The van der Waals surface area contributed by atoms with Crippen LogP contribution in [0.1, 0.15) is 23.7 Å². The lowest BCUT2D eigenvalue weighted by Gasteiger charge is -2.41. The number of aliphatic hydroxyl groups is 7. The maximum atomic E-state index is 11.8. The van der Waals surface area contributed by atoms with E-state index in [1.54, 1.807) is 0 Å². The highest BCUT2D eigenvalue weighted by molar-refractivity contribution is 5.90. The highest BCUT2D eigenvalue weighted by atomic mass is 16.7. The molecule has 5 rings (SSSR count). The van der Waals surface area contributed by atoms with Crippen LogP contribution in [0.3, 0.4) is 0 Å². The van der Waals surface area contributed by atoms with Gasteiger partial charge in [0.1, 0.15) is 90.6 Å². The number of carbonyl (C=O) groups excluding carboxylic acids is 1. The Morgan fingerprint density at radius 3 is 1.98 bits per heavy atom. The van der Waals surface area contributed by atoms with Crippen molar-refractivity contribution in [2.45, 2.75) is 73.9 Å². The molecular formula is C30H34O18. The average molecular weight is 683 g/mol. The smallest absolute Gasteiger partial charge is 0.317 e. The summed E-state index contributed by atoms with van der Waals surface area (Å²) in [6, 6.07) is 7.94. The van der Waals surface area contributed by atoms with Gasteiger partial charge in [-0.1, -0.05) is 12.1 Å². The van der Waals surface area contributed by atoms with E-state index in [1.807, 2.05) is 0 Å². The molecule has 11 unspecified atom stereocenters. The first-order chi connectivity index (χ1) is 22.8. The molecule has 0 amide bonds. The number of carbonyl (C=O) groups is 2. The molecular weight excluding hydrogens is 648 g/mol. The second-order valence-electron chi connectivity index (χ2n) is 11.2. The minimum Gasteiger partial charge on any atom is -0.508 e. The zero-order valence-corrected chi connectivity index (χ0v) is 24.8. The van der Waals surface area contributed by atoms with Crippen molar-refractivity contribution in [2.24, 2.45) is 0 Å². The summed E-state index contributed by atoms with van der Waals surface area (Å²) >= 11 is 0. The zero-order chi connectivity index (χ0) is 34.9. The minimum atomic E-state index is -1.89. The Bertz CT molecular complexity index is 1490. The van der Waals surface area contributed by atoms with E-state index < -0.39 is 99.1 Å². The number of aliphatic carboxylic acids is 1. The van der Waals surface area contributed by atoms with Gasteiger partial charge in [-0.25, -0.2) is 0 Å². The van der Waals surface area contributed by atoms with Crippen LogP contribution in [-0.2, 0) is 28.5 Å². The Morgan fingerprint density at radius 2 is 1.35 bits per heavy atom. The van der Waals surface area contributed by atoms with Crippen LogP contribution in [0.4, 0.5) is 0 Å². The monoisotopic (exact) mass is 682 g/mol. The van der Waals surface area contributed by atoms with Crippen molar-refractivity contribution in [1.29, 1.82) is 0 Å².